The molecule has 0 saturated carbocycles. The Kier molecular flexibility index (Phi) is 3.85. The Morgan fingerprint density at radius 2 is 1.58 bits per heavy atom. The van der Waals surface area contributed by atoms with Crippen LogP contribution in [0, 0.1) is 6.92 Å². The van der Waals surface area contributed by atoms with Crippen molar-refractivity contribution in [3.63, 3.8) is 0 Å². The summed E-state index contributed by atoms with van der Waals surface area (Å²) in [5.74, 6) is 2.01. The Morgan fingerprint density at radius 1 is 1.00 bits per heavy atom. The molecule has 1 aromatic carbocycles. The number of hydrogen-bond acceptors (Lipinski definition) is 5. The molecule has 0 fully saturated rings. The number of nitrogens with one attached hydrogen (secondary N) is 1. The lowest BCUT2D eigenvalue weighted by molar-refractivity contribution is 0.355. The molecular weight excluding hydrogens is 242 g/mol. The maximum Gasteiger partial charge on any atom is 0.222 e. The number of hydrogen-bond donors (Lipinski definition) is 1. The van der Waals surface area contributed by atoms with Crippen molar-refractivity contribution in [1.29, 1.82) is 0 Å². The van der Waals surface area contributed by atoms with Crippen molar-refractivity contribution in [1.82, 2.24) is 9.97 Å². The summed E-state index contributed by atoms with van der Waals surface area (Å²) in [5, 5.41) is 2.89. The van der Waals surface area contributed by atoms with Crippen LogP contribution in [-0.2, 0) is 0 Å². The van der Waals surface area contributed by atoms with E-state index in [1.807, 2.05) is 19.1 Å². The number of anilines is 1. The van der Waals surface area contributed by atoms with Crippen LogP contribution < -0.4 is 14.8 Å². The molecule has 2 aromatic rings. The summed E-state index contributed by atoms with van der Waals surface area (Å²) in [5.41, 5.74) is 3.05. The van der Waals surface area contributed by atoms with Gasteiger partial charge in [-0.15, -0.1) is 0 Å². The van der Waals surface area contributed by atoms with Crippen LogP contribution in [0.5, 0.6) is 11.5 Å². The molecular formula is C14H17N3O2. The third kappa shape index (κ3) is 2.59. The summed E-state index contributed by atoms with van der Waals surface area (Å²) in [6, 6.07) is 3.88. The first-order chi connectivity index (χ1) is 9.19. The SMILES string of the molecule is CNc1ncc(-c2cc(OC)c(OC)cc2C)cn1. The zero-order chi connectivity index (χ0) is 13.8. The molecule has 0 bridgehead atoms. The molecule has 19 heavy (non-hydrogen) atoms. The van der Waals surface area contributed by atoms with E-state index in [-0.39, 0.29) is 0 Å². The summed E-state index contributed by atoms with van der Waals surface area (Å²) in [6.07, 6.45) is 3.57. The van der Waals surface area contributed by atoms with Gasteiger partial charge in [0.05, 0.1) is 14.2 Å². The minimum Gasteiger partial charge on any atom is -0.493 e. The van der Waals surface area contributed by atoms with Gasteiger partial charge >= 0.3 is 0 Å². The van der Waals surface area contributed by atoms with Crippen molar-refractivity contribution in [2.45, 2.75) is 6.92 Å². The molecule has 0 atom stereocenters. The number of ether oxygens (including phenoxy) is 2. The number of benzene rings is 1. The molecule has 0 saturated heterocycles. The van der Waals surface area contributed by atoms with E-state index in [0.29, 0.717) is 11.7 Å². The predicted molar refractivity (Wildman–Crippen MR) is 74.9 cm³/mol. The average molecular weight is 259 g/mol. The molecule has 0 unspecified atom stereocenters. The second kappa shape index (κ2) is 5.56. The topological polar surface area (TPSA) is 56.3 Å². The standard InChI is InChI=1S/C14H17N3O2/c1-9-5-12(18-3)13(19-4)6-11(9)10-7-16-14(15-2)17-8-10/h5-8H,1-4H3,(H,15,16,17). The Labute approximate surface area is 112 Å². The van der Waals surface area contributed by atoms with E-state index in [1.165, 1.54) is 0 Å². The number of methoxy groups -OCH3 is 2. The van der Waals surface area contributed by atoms with Gasteiger partial charge in [0, 0.05) is 25.0 Å². The number of aryl methyl sites for hydroxylation is 1. The van der Waals surface area contributed by atoms with Crippen LogP contribution in [0.1, 0.15) is 5.56 Å². The Balaban J connectivity index is 2.48. The fourth-order valence-corrected chi connectivity index (χ4v) is 1.89. The lowest BCUT2D eigenvalue weighted by Crippen LogP contribution is -1.97. The zero-order valence-corrected chi connectivity index (χ0v) is 11.5. The highest BCUT2D eigenvalue weighted by molar-refractivity contribution is 5.70. The summed E-state index contributed by atoms with van der Waals surface area (Å²) in [7, 11) is 5.04. The second-order valence-corrected chi connectivity index (χ2v) is 4.07. The van der Waals surface area contributed by atoms with Gasteiger partial charge in [0.15, 0.2) is 11.5 Å². The van der Waals surface area contributed by atoms with Gasteiger partial charge in [-0.05, 0) is 30.2 Å². The molecule has 0 radical (unpaired) electrons. The minimum absolute atomic E-state index is 0.599. The molecule has 1 heterocycles. The highest BCUT2D eigenvalue weighted by atomic mass is 16.5. The summed E-state index contributed by atoms with van der Waals surface area (Å²) >= 11 is 0. The third-order valence-corrected chi connectivity index (χ3v) is 2.92. The van der Waals surface area contributed by atoms with Gasteiger partial charge in [-0.2, -0.15) is 0 Å². The lowest BCUT2D eigenvalue weighted by atomic mass is 10.0. The maximum atomic E-state index is 5.32. The summed E-state index contributed by atoms with van der Waals surface area (Å²) in [6.45, 7) is 2.02. The number of aromatic nitrogens is 2. The van der Waals surface area contributed by atoms with Crippen molar-refractivity contribution in [3.05, 3.63) is 30.1 Å². The highest BCUT2D eigenvalue weighted by Crippen LogP contribution is 2.34. The van der Waals surface area contributed by atoms with Gasteiger partial charge in [0.1, 0.15) is 0 Å². The number of rotatable bonds is 4. The quantitative estimate of drug-likeness (QED) is 0.914. The first-order valence-electron chi connectivity index (χ1n) is 5.92. The normalized spacial score (nSPS) is 10.1. The van der Waals surface area contributed by atoms with E-state index < -0.39 is 0 Å². The van der Waals surface area contributed by atoms with Crippen molar-refractivity contribution < 1.29 is 9.47 Å². The third-order valence-electron chi connectivity index (χ3n) is 2.92. The van der Waals surface area contributed by atoms with Crippen molar-refractivity contribution in [2.75, 3.05) is 26.6 Å². The fraction of sp³-hybridized carbons (Fsp3) is 0.286. The first kappa shape index (κ1) is 13.1. The molecule has 5 nitrogen and oxygen atoms in total. The Morgan fingerprint density at radius 3 is 2.11 bits per heavy atom. The summed E-state index contributed by atoms with van der Waals surface area (Å²) < 4.78 is 10.6. The van der Waals surface area contributed by atoms with E-state index in [9.17, 15) is 0 Å². The molecule has 5 heteroatoms. The van der Waals surface area contributed by atoms with Gasteiger partial charge in [-0.3, -0.25) is 0 Å². The van der Waals surface area contributed by atoms with Crippen LogP contribution in [0.3, 0.4) is 0 Å². The molecule has 1 N–H and O–H groups in total. The fourth-order valence-electron chi connectivity index (χ4n) is 1.89. The van der Waals surface area contributed by atoms with Crippen molar-refractivity contribution in [2.24, 2.45) is 0 Å². The smallest absolute Gasteiger partial charge is 0.222 e. The largest absolute Gasteiger partial charge is 0.493 e. The number of nitrogens with zero attached hydrogens (tertiary/aromatic N) is 2. The first-order valence-corrected chi connectivity index (χ1v) is 5.92. The van der Waals surface area contributed by atoms with Gasteiger partial charge in [0.25, 0.3) is 0 Å². The molecule has 0 aliphatic rings. The van der Waals surface area contributed by atoms with Crippen molar-refractivity contribution >= 4 is 5.95 Å². The highest BCUT2D eigenvalue weighted by Gasteiger charge is 2.10. The lowest BCUT2D eigenvalue weighted by Gasteiger charge is -2.12. The van der Waals surface area contributed by atoms with E-state index in [1.54, 1.807) is 33.7 Å². The van der Waals surface area contributed by atoms with Gasteiger partial charge in [-0.25, -0.2) is 9.97 Å². The van der Waals surface area contributed by atoms with E-state index in [2.05, 4.69) is 15.3 Å². The van der Waals surface area contributed by atoms with E-state index in [0.717, 1.165) is 22.4 Å². The van der Waals surface area contributed by atoms with Crippen LogP contribution in [0.2, 0.25) is 0 Å². The van der Waals surface area contributed by atoms with Crippen LogP contribution in [0.4, 0.5) is 5.95 Å². The van der Waals surface area contributed by atoms with Crippen LogP contribution >= 0.6 is 0 Å². The van der Waals surface area contributed by atoms with Crippen LogP contribution in [0.25, 0.3) is 11.1 Å². The van der Waals surface area contributed by atoms with Crippen LogP contribution in [0.15, 0.2) is 24.5 Å². The van der Waals surface area contributed by atoms with E-state index in [4.69, 9.17) is 9.47 Å². The molecule has 2 rings (SSSR count). The predicted octanol–water partition coefficient (Wildman–Crippen LogP) is 2.51. The molecule has 0 amide bonds. The summed E-state index contributed by atoms with van der Waals surface area (Å²) in [4.78, 5) is 8.44. The van der Waals surface area contributed by atoms with Gasteiger partial charge in [0.2, 0.25) is 5.95 Å². The minimum atomic E-state index is 0.599. The maximum absolute atomic E-state index is 5.32. The molecule has 1 aromatic heterocycles. The monoisotopic (exact) mass is 259 g/mol. The second-order valence-electron chi connectivity index (χ2n) is 4.07. The van der Waals surface area contributed by atoms with Gasteiger partial charge in [-0.1, -0.05) is 0 Å². The molecule has 0 spiro atoms. The zero-order valence-electron chi connectivity index (χ0n) is 11.5. The average Bonchev–Trinajstić information content (AvgIpc) is 2.47. The molecule has 0 aliphatic heterocycles. The van der Waals surface area contributed by atoms with E-state index >= 15 is 0 Å². The van der Waals surface area contributed by atoms with Gasteiger partial charge < -0.3 is 14.8 Å². The molecule has 0 aliphatic carbocycles. The Hall–Kier alpha value is -2.30. The Bertz CT molecular complexity index is 568. The van der Waals surface area contributed by atoms with Crippen LogP contribution in [-0.4, -0.2) is 31.2 Å². The van der Waals surface area contributed by atoms with Crippen molar-refractivity contribution in [3.8, 4) is 22.6 Å². The molecule has 100 valence electrons.